The average Bonchev–Trinajstić information content (AvgIpc) is 2.43. The summed E-state index contributed by atoms with van der Waals surface area (Å²) in [7, 11) is 0. The monoisotopic (exact) mass is 272 g/mol. The van der Waals surface area contributed by atoms with Crippen LogP contribution in [0.2, 0.25) is 0 Å². The van der Waals surface area contributed by atoms with Crippen molar-refractivity contribution >= 4 is 5.57 Å². The molecule has 0 heteroatoms. The van der Waals surface area contributed by atoms with Crippen LogP contribution in [0.3, 0.4) is 0 Å². The van der Waals surface area contributed by atoms with Gasteiger partial charge in [-0.3, -0.25) is 0 Å². The minimum absolute atomic E-state index is 0.397. The van der Waals surface area contributed by atoms with Crippen molar-refractivity contribution in [3.63, 3.8) is 0 Å². The molecule has 2 aromatic rings. The van der Waals surface area contributed by atoms with Crippen molar-refractivity contribution in [1.29, 1.82) is 0 Å². The second kappa shape index (κ2) is 5.57. The molecule has 0 saturated carbocycles. The van der Waals surface area contributed by atoms with Crippen molar-refractivity contribution in [2.24, 2.45) is 0 Å². The van der Waals surface area contributed by atoms with Gasteiger partial charge in [0, 0.05) is 5.92 Å². The number of fused-ring (bicyclic) bond motifs is 1. The van der Waals surface area contributed by atoms with Crippen LogP contribution in [0, 0.1) is 13.8 Å². The summed E-state index contributed by atoms with van der Waals surface area (Å²) in [6, 6.07) is 15.5. The Hall–Kier alpha value is -2.34. The zero-order valence-electron chi connectivity index (χ0n) is 12.6. The summed E-state index contributed by atoms with van der Waals surface area (Å²) in [4.78, 5) is 0. The first-order valence-electron chi connectivity index (χ1n) is 7.37. The van der Waals surface area contributed by atoms with Gasteiger partial charge in [-0.1, -0.05) is 84.5 Å². The quantitative estimate of drug-likeness (QED) is 0.640. The van der Waals surface area contributed by atoms with Gasteiger partial charge in [0.2, 0.25) is 0 Å². The number of hydrogen-bond donors (Lipinski definition) is 0. The molecular weight excluding hydrogens is 252 g/mol. The Balaban J connectivity index is 2.09. The van der Waals surface area contributed by atoms with Crippen molar-refractivity contribution in [3.05, 3.63) is 101 Å². The highest BCUT2D eigenvalue weighted by Crippen LogP contribution is 2.49. The van der Waals surface area contributed by atoms with E-state index in [2.05, 4.69) is 75.0 Å². The summed E-state index contributed by atoms with van der Waals surface area (Å²) >= 11 is 0. The van der Waals surface area contributed by atoms with Crippen molar-refractivity contribution in [2.75, 3.05) is 0 Å². The van der Waals surface area contributed by atoms with Crippen molar-refractivity contribution < 1.29 is 0 Å². The SMILES string of the molecule is C=C/C=C\C=C1\c2ccccc2C1c1cc(C)cc(C)c1. The molecule has 0 amide bonds. The number of benzene rings is 2. The van der Waals surface area contributed by atoms with Gasteiger partial charge < -0.3 is 0 Å². The van der Waals surface area contributed by atoms with Gasteiger partial charge in [0.1, 0.15) is 0 Å². The third kappa shape index (κ3) is 2.50. The molecule has 3 rings (SSSR count). The molecule has 0 aliphatic heterocycles. The molecule has 21 heavy (non-hydrogen) atoms. The lowest BCUT2D eigenvalue weighted by molar-refractivity contribution is 0.963. The van der Waals surface area contributed by atoms with E-state index in [1.165, 1.54) is 33.4 Å². The molecule has 0 saturated heterocycles. The van der Waals surface area contributed by atoms with Crippen LogP contribution >= 0.6 is 0 Å². The highest BCUT2D eigenvalue weighted by Gasteiger charge is 2.32. The van der Waals surface area contributed by atoms with E-state index < -0.39 is 0 Å². The fraction of sp³-hybridized carbons (Fsp3) is 0.143. The minimum atomic E-state index is 0.397. The molecule has 0 radical (unpaired) electrons. The summed E-state index contributed by atoms with van der Waals surface area (Å²) in [5.41, 5.74) is 8.25. The van der Waals surface area contributed by atoms with Crippen LogP contribution < -0.4 is 0 Å². The molecular formula is C21H20. The lowest BCUT2D eigenvalue weighted by atomic mass is 9.69. The third-order valence-electron chi connectivity index (χ3n) is 3.99. The third-order valence-corrected chi connectivity index (χ3v) is 3.99. The molecule has 1 unspecified atom stereocenters. The molecule has 0 aromatic heterocycles. The Bertz CT molecular complexity index is 724. The predicted molar refractivity (Wildman–Crippen MR) is 91.5 cm³/mol. The van der Waals surface area contributed by atoms with Crippen molar-refractivity contribution in [3.8, 4) is 0 Å². The van der Waals surface area contributed by atoms with E-state index in [-0.39, 0.29) is 0 Å². The molecule has 1 atom stereocenters. The van der Waals surface area contributed by atoms with E-state index in [0.717, 1.165) is 0 Å². The van der Waals surface area contributed by atoms with Crippen molar-refractivity contribution in [1.82, 2.24) is 0 Å². The van der Waals surface area contributed by atoms with Gasteiger partial charge in [0.25, 0.3) is 0 Å². The van der Waals surface area contributed by atoms with Gasteiger partial charge in [0.15, 0.2) is 0 Å². The molecule has 0 heterocycles. The Morgan fingerprint density at radius 1 is 0.952 bits per heavy atom. The summed E-state index contributed by atoms with van der Waals surface area (Å²) < 4.78 is 0. The van der Waals surface area contributed by atoms with Gasteiger partial charge in [-0.15, -0.1) is 0 Å². The van der Waals surface area contributed by atoms with E-state index in [9.17, 15) is 0 Å². The van der Waals surface area contributed by atoms with Crippen LogP contribution in [0.5, 0.6) is 0 Å². The first-order valence-corrected chi connectivity index (χ1v) is 7.37. The molecule has 1 aliphatic rings. The van der Waals surface area contributed by atoms with E-state index >= 15 is 0 Å². The Labute approximate surface area is 127 Å². The Morgan fingerprint density at radius 3 is 2.38 bits per heavy atom. The van der Waals surface area contributed by atoms with Crippen LogP contribution in [0.1, 0.15) is 33.7 Å². The zero-order valence-corrected chi connectivity index (χ0v) is 12.6. The predicted octanol–water partition coefficient (Wildman–Crippen LogP) is 5.57. The smallest absolute Gasteiger partial charge is 0.0352 e. The van der Waals surface area contributed by atoms with Gasteiger partial charge in [-0.25, -0.2) is 0 Å². The highest BCUT2D eigenvalue weighted by molar-refractivity contribution is 5.87. The number of hydrogen-bond acceptors (Lipinski definition) is 0. The lowest BCUT2D eigenvalue weighted by Crippen LogP contribution is -2.17. The van der Waals surface area contributed by atoms with Crippen LogP contribution in [0.25, 0.3) is 5.57 Å². The maximum atomic E-state index is 3.73. The van der Waals surface area contributed by atoms with E-state index in [1.54, 1.807) is 0 Å². The van der Waals surface area contributed by atoms with Gasteiger partial charge in [-0.05, 0) is 36.1 Å². The normalized spacial score (nSPS) is 18.6. The summed E-state index contributed by atoms with van der Waals surface area (Å²) in [5, 5.41) is 0. The Kier molecular flexibility index (Phi) is 3.62. The molecule has 1 aliphatic carbocycles. The maximum Gasteiger partial charge on any atom is 0.0352 e. The van der Waals surface area contributed by atoms with Crippen LogP contribution in [0.4, 0.5) is 0 Å². The highest BCUT2D eigenvalue weighted by atomic mass is 14.3. The first kappa shape index (κ1) is 13.6. The molecule has 2 aromatic carbocycles. The maximum absolute atomic E-state index is 3.73. The van der Waals surface area contributed by atoms with E-state index in [1.807, 2.05) is 12.2 Å². The molecule has 104 valence electrons. The molecule has 0 spiro atoms. The fourth-order valence-corrected chi connectivity index (χ4v) is 3.22. The Morgan fingerprint density at radius 2 is 1.67 bits per heavy atom. The standard InChI is InChI=1S/C21H20/c1-4-5-6-10-19-18-9-7-8-11-20(18)21(19)17-13-15(2)12-16(3)14-17/h4-14,21H,1H2,2-3H3/b6-5-,19-10-. The van der Waals surface area contributed by atoms with E-state index in [4.69, 9.17) is 0 Å². The second-order valence-corrected chi connectivity index (χ2v) is 5.68. The lowest BCUT2D eigenvalue weighted by Gasteiger charge is -2.34. The summed E-state index contributed by atoms with van der Waals surface area (Å²) in [6.07, 6.45) is 8.08. The average molecular weight is 272 g/mol. The number of allylic oxidation sites excluding steroid dienone is 5. The van der Waals surface area contributed by atoms with Gasteiger partial charge in [-0.2, -0.15) is 0 Å². The fourth-order valence-electron chi connectivity index (χ4n) is 3.22. The van der Waals surface area contributed by atoms with Gasteiger partial charge in [0.05, 0.1) is 0 Å². The number of rotatable bonds is 3. The molecule has 0 nitrogen and oxygen atoms in total. The zero-order chi connectivity index (χ0) is 14.8. The molecule has 0 N–H and O–H groups in total. The van der Waals surface area contributed by atoms with Gasteiger partial charge >= 0.3 is 0 Å². The summed E-state index contributed by atoms with van der Waals surface area (Å²) in [5.74, 6) is 0.397. The topological polar surface area (TPSA) is 0 Å². The van der Waals surface area contributed by atoms with Crippen LogP contribution in [-0.4, -0.2) is 0 Å². The minimum Gasteiger partial charge on any atom is -0.0991 e. The number of aryl methyl sites for hydroxylation is 2. The van der Waals surface area contributed by atoms with Crippen molar-refractivity contribution in [2.45, 2.75) is 19.8 Å². The summed E-state index contributed by atoms with van der Waals surface area (Å²) in [6.45, 7) is 8.07. The molecule has 0 fully saturated rings. The van der Waals surface area contributed by atoms with Crippen LogP contribution in [0.15, 0.2) is 73.3 Å². The van der Waals surface area contributed by atoms with E-state index in [0.29, 0.717) is 5.92 Å². The van der Waals surface area contributed by atoms with Crippen LogP contribution in [-0.2, 0) is 0 Å². The largest absolute Gasteiger partial charge is 0.0991 e. The molecule has 0 bridgehead atoms. The second-order valence-electron chi connectivity index (χ2n) is 5.68. The first-order chi connectivity index (χ1) is 10.2.